The van der Waals surface area contributed by atoms with E-state index >= 15 is 0 Å². The number of fused-ring (bicyclic) bond motifs is 2. The average molecular weight is 332 g/mol. The lowest BCUT2D eigenvalue weighted by Gasteiger charge is -2.38. The van der Waals surface area contributed by atoms with E-state index in [1.807, 2.05) is 11.8 Å². The highest BCUT2D eigenvalue weighted by atomic mass is 32.2. The molecule has 2 aliphatic heterocycles. The molecule has 6 heteroatoms. The Labute approximate surface area is 130 Å². The van der Waals surface area contributed by atoms with Crippen LogP contribution in [0.1, 0.15) is 48.0 Å². The topological polar surface area (TPSA) is 17.1 Å². The maximum atomic E-state index is 13.2. The van der Waals surface area contributed by atoms with Gasteiger partial charge in [0.15, 0.2) is 5.78 Å². The molecular weight excluding hydrogens is 316 g/mol. The predicted octanol–water partition coefficient (Wildman–Crippen LogP) is 5.09. The fourth-order valence-corrected chi connectivity index (χ4v) is 5.30. The molecule has 1 aromatic rings. The van der Waals surface area contributed by atoms with Gasteiger partial charge in [-0.25, -0.2) is 4.39 Å². The summed E-state index contributed by atoms with van der Waals surface area (Å²) in [4.78, 5) is 12.6. The smallest absolute Gasteiger partial charge is 0.294 e. The molecule has 0 aliphatic carbocycles. The van der Waals surface area contributed by atoms with Crippen molar-refractivity contribution >= 4 is 17.5 Å². The number of ketones is 1. The molecule has 22 heavy (non-hydrogen) atoms. The number of carbonyl (C=O) groups is 1. The minimum atomic E-state index is -4.72. The maximum absolute atomic E-state index is 13.2. The summed E-state index contributed by atoms with van der Waals surface area (Å²) >= 11 is 1.87. The van der Waals surface area contributed by atoms with Crippen LogP contribution in [0.3, 0.4) is 0 Å². The van der Waals surface area contributed by atoms with E-state index in [0.717, 1.165) is 31.4 Å². The zero-order chi connectivity index (χ0) is 15.9. The summed E-state index contributed by atoms with van der Waals surface area (Å²) < 4.78 is 52.3. The number of hydrogen-bond acceptors (Lipinski definition) is 2. The van der Waals surface area contributed by atoms with E-state index in [1.54, 1.807) is 0 Å². The molecule has 2 saturated heterocycles. The highest BCUT2D eigenvalue weighted by Gasteiger charge is 2.40. The molecular formula is C16H16F4OS. The first-order valence-electron chi connectivity index (χ1n) is 7.41. The Bertz CT molecular complexity index is 572. The van der Waals surface area contributed by atoms with E-state index < -0.39 is 23.3 Å². The Kier molecular flexibility index (Phi) is 4.23. The first-order chi connectivity index (χ1) is 10.3. The number of halogens is 4. The normalized spacial score (nSPS) is 28.5. The van der Waals surface area contributed by atoms with Crippen LogP contribution >= 0.6 is 11.8 Å². The van der Waals surface area contributed by atoms with Gasteiger partial charge in [-0.05, 0) is 43.9 Å². The zero-order valence-electron chi connectivity index (χ0n) is 11.8. The summed E-state index contributed by atoms with van der Waals surface area (Å²) in [6.45, 7) is 0. The number of rotatable bonds is 2. The molecule has 0 spiro atoms. The second-order valence-corrected chi connectivity index (χ2v) is 7.64. The van der Waals surface area contributed by atoms with Crippen LogP contribution in [0.15, 0.2) is 18.2 Å². The lowest BCUT2D eigenvalue weighted by molar-refractivity contribution is -0.138. The van der Waals surface area contributed by atoms with Gasteiger partial charge >= 0.3 is 6.18 Å². The molecule has 1 aromatic carbocycles. The molecule has 2 fully saturated rings. The number of alkyl halides is 3. The molecule has 2 heterocycles. The highest BCUT2D eigenvalue weighted by molar-refractivity contribution is 8.00. The maximum Gasteiger partial charge on any atom is 0.417 e. The minimum Gasteiger partial charge on any atom is -0.294 e. The fraction of sp³-hybridized carbons (Fsp3) is 0.562. The Morgan fingerprint density at radius 1 is 1.14 bits per heavy atom. The first-order valence-corrected chi connectivity index (χ1v) is 8.35. The lowest BCUT2D eigenvalue weighted by atomic mass is 9.83. The summed E-state index contributed by atoms with van der Waals surface area (Å²) in [6.07, 6.45) is -0.260. The third kappa shape index (κ3) is 3.16. The summed E-state index contributed by atoms with van der Waals surface area (Å²) in [7, 11) is 0. The van der Waals surface area contributed by atoms with E-state index in [9.17, 15) is 22.4 Å². The van der Waals surface area contributed by atoms with Crippen LogP contribution < -0.4 is 0 Å². The molecule has 0 aromatic heterocycles. The van der Waals surface area contributed by atoms with Gasteiger partial charge in [0.05, 0.1) is 5.56 Å². The van der Waals surface area contributed by atoms with Crippen molar-refractivity contribution in [3.63, 3.8) is 0 Å². The van der Waals surface area contributed by atoms with E-state index in [2.05, 4.69) is 0 Å². The van der Waals surface area contributed by atoms with Crippen molar-refractivity contribution in [1.82, 2.24) is 0 Å². The summed E-state index contributed by atoms with van der Waals surface area (Å²) in [6, 6.07) is 2.34. The van der Waals surface area contributed by atoms with Gasteiger partial charge in [-0.15, -0.1) is 0 Å². The third-order valence-corrected chi connectivity index (χ3v) is 6.08. The Morgan fingerprint density at radius 3 is 2.36 bits per heavy atom. The summed E-state index contributed by atoms with van der Waals surface area (Å²) in [5.41, 5.74) is -1.54. The molecule has 2 bridgehead atoms. The van der Waals surface area contributed by atoms with Crippen molar-refractivity contribution in [3.05, 3.63) is 35.1 Å². The molecule has 3 rings (SSSR count). The minimum absolute atomic E-state index is 0.372. The summed E-state index contributed by atoms with van der Waals surface area (Å²) in [5.74, 6) is -1.83. The molecule has 2 unspecified atom stereocenters. The molecule has 1 nitrogen and oxygen atoms in total. The second kappa shape index (κ2) is 5.87. The van der Waals surface area contributed by atoms with Gasteiger partial charge < -0.3 is 0 Å². The summed E-state index contributed by atoms with van der Waals surface area (Å²) in [5, 5.41) is 0.743. The number of hydrogen-bond donors (Lipinski definition) is 0. The number of thioether (sulfide) groups is 1. The van der Waals surface area contributed by atoms with Crippen molar-refractivity contribution in [2.24, 2.45) is 5.92 Å². The molecule has 0 N–H and O–H groups in total. The fourth-order valence-electron chi connectivity index (χ4n) is 3.46. The van der Waals surface area contributed by atoms with Gasteiger partial charge in [-0.3, -0.25) is 4.79 Å². The van der Waals surface area contributed by atoms with Crippen LogP contribution in [0.25, 0.3) is 0 Å². The zero-order valence-corrected chi connectivity index (χ0v) is 12.6. The van der Waals surface area contributed by atoms with Crippen LogP contribution in [-0.2, 0) is 6.18 Å². The van der Waals surface area contributed by atoms with Gasteiger partial charge in [-0.2, -0.15) is 24.9 Å². The van der Waals surface area contributed by atoms with Gasteiger partial charge in [0.2, 0.25) is 0 Å². The van der Waals surface area contributed by atoms with E-state index in [1.165, 1.54) is 0 Å². The molecule has 0 amide bonds. The largest absolute Gasteiger partial charge is 0.417 e. The number of benzene rings is 1. The van der Waals surface area contributed by atoms with Crippen molar-refractivity contribution < 1.29 is 22.4 Å². The Balaban J connectivity index is 1.89. The van der Waals surface area contributed by atoms with Gasteiger partial charge in [-0.1, -0.05) is 6.42 Å². The van der Waals surface area contributed by atoms with Crippen LogP contribution in [-0.4, -0.2) is 16.3 Å². The lowest BCUT2D eigenvalue weighted by Crippen LogP contribution is -2.33. The Hall–Kier alpha value is -1.04. The van der Waals surface area contributed by atoms with E-state index in [-0.39, 0.29) is 11.5 Å². The van der Waals surface area contributed by atoms with Crippen molar-refractivity contribution in [1.29, 1.82) is 0 Å². The average Bonchev–Trinajstić information content (AvgIpc) is 2.45. The van der Waals surface area contributed by atoms with Crippen LogP contribution in [0.4, 0.5) is 17.6 Å². The number of carbonyl (C=O) groups excluding carboxylic acids is 1. The van der Waals surface area contributed by atoms with E-state index in [4.69, 9.17) is 0 Å². The van der Waals surface area contributed by atoms with Crippen LogP contribution in [0.2, 0.25) is 0 Å². The standard InChI is InChI=1S/C16H16F4OS/c17-10-4-5-13(14(8-10)16(18,19)20)15(21)9-6-11-2-1-3-12(7-9)22-11/h4-5,8-9,11-12H,1-3,6-7H2. The monoisotopic (exact) mass is 332 g/mol. The van der Waals surface area contributed by atoms with Crippen molar-refractivity contribution in [2.45, 2.75) is 48.8 Å². The van der Waals surface area contributed by atoms with Gasteiger partial charge in [0, 0.05) is 22.0 Å². The molecule has 0 saturated carbocycles. The highest BCUT2D eigenvalue weighted by Crippen LogP contribution is 2.45. The molecule has 2 aliphatic rings. The molecule has 0 radical (unpaired) electrons. The third-order valence-electron chi connectivity index (χ3n) is 4.46. The first kappa shape index (κ1) is 15.8. The Morgan fingerprint density at radius 2 is 1.77 bits per heavy atom. The van der Waals surface area contributed by atoms with Gasteiger partial charge in [0.25, 0.3) is 0 Å². The number of Topliss-reactive ketones (excluding diaryl/α,β-unsaturated/α-hetero) is 1. The van der Waals surface area contributed by atoms with Crippen LogP contribution in [0.5, 0.6) is 0 Å². The van der Waals surface area contributed by atoms with Crippen molar-refractivity contribution in [3.8, 4) is 0 Å². The quantitative estimate of drug-likeness (QED) is 0.554. The van der Waals surface area contributed by atoms with Crippen molar-refractivity contribution in [2.75, 3.05) is 0 Å². The van der Waals surface area contributed by atoms with E-state index in [0.29, 0.717) is 29.4 Å². The molecule has 120 valence electrons. The predicted molar refractivity (Wildman–Crippen MR) is 77.5 cm³/mol. The second-order valence-electron chi connectivity index (χ2n) is 6.03. The SMILES string of the molecule is O=C(c1ccc(F)cc1C(F)(F)F)C1CC2CCCC(C1)S2. The van der Waals surface area contributed by atoms with Gasteiger partial charge in [0.1, 0.15) is 5.82 Å². The van der Waals surface area contributed by atoms with Crippen LogP contribution in [0, 0.1) is 11.7 Å². The molecule has 2 atom stereocenters.